The van der Waals surface area contributed by atoms with Crippen LogP contribution in [0.1, 0.15) is 23.1 Å². The van der Waals surface area contributed by atoms with Gasteiger partial charge in [0.25, 0.3) is 0 Å². The van der Waals surface area contributed by atoms with Crippen LogP contribution in [0.2, 0.25) is 0 Å². The fourth-order valence-corrected chi connectivity index (χ4v) is 3.92. The van der Waals surface area contributed by atoms with Crippen LogP contribution in [-0.4, -0.2) is 10.9 Å². The topological polar surface area (TPSA) is 88.2 Å². The lowest BCUT2D eigenvalue weighted by molar-refractivity contribution is -0.116. The lowest BCUT2D eigenvalue weighted by atomic mass is 10.0. The smallest absolute Gasteiger partial charge is 0.339 e. The van der Waals surface area contributed by atoms with Gasteiger partial charge in [-0.05, 0) is 61.7 Å². The molecule has 0 atom stereocenters. The molecule has 6 nitrogen and oxygen atoms in total. The first-order valence-electron chi connectivity index (χ1n) is 9.81. The van der Waals surface area contributed by atoms with Gasteiger partial charge in [0.2, 0.25) is 5.91 Å². The van der Waals surface area contributed by atoms with Gasteiger partial charge in [0.1, 0.15) is 11.2 Å². The number of nitrogens with one attached hydrogen (secondary N) is 2. The van der Waals surface area contributed by atoms with Crippen molar-refractivity contribution >= 4 is 44.4 Å². The number of hydrogen-bond donors (Lipinski definition) is 2. The molecule has 1 amide bonds. The summed E-state index contributed by atoms with van der Waals surface area (Å²) < 4.78 is 11.0. The van der Waals surface area contributed by atoms with Gasteiger partial charge in [-0.1, -0.05) is 0 Å². The molecular formula is C24H20N2O4. The summed E-state index contributed by atoms with van der Waals surface area (Å²) in [6, 6.07) is 11.4. The Morgan fingerprint density at radius 3 is 2.80 bits per heavy atom. The molecule has 0 aliphatic carbocycles. The fraction of sp³-hybridized carbons (Fsp3) is 0.167. The Bertz CT molecular complexity index is 1490. The summed E-state index contributed by atoms with van der Waals surface area (Å²) in [6.07, 6.45) is 4.05. The van der Waals surface area contributed by atoms with Crippen molar-refractivity contribution < 1.29 is 13.6 Å². The van der Waals surface area contributed by atoms with Gasteiger partial charge < -0.3 is 19.1 Å². The minimum Gasteiger partial charge on any atom is -0.464 e. The normalized spacial score (nSPS) is 11.5. The summed E-state index contributed by atoms with van der Waals surface area (Å²) in [4.78, 5) is 28.1. The van der Waals surface area contributed by atoms with Gasteiger partial charge in [-0.3, -0.25) is 4.79 Å². The third kappa shape index (κ3) is 3.06. The number of aromatic amines is 1. The number of anilines is 1. The number of hydrogen-bond acceptors (Lipinski definition) is 4. The summed E-state index contributed by atoms with van der Waals surface area (Å²) in [5, 5.41) is 5.78. The maximum Gasteiger partial charge on any atom is 0.339 e. The average molecular weight is 400 g/mol. The predicted molar refractivity (Wildman–Crippen MR) is 117 cm³/mol. The lowest BCUT2D eigenvalue weighted by Gasteiger charge is -2.09. The van der Waals surface area contributed by atoms with E-state index in [9.17, 15) is 9.59 Å². The zero-order valence-electron chi connectivity index (χ0n) is 16.7. The molecule has 3 aromatic heterocycles. The van der Waals surface area contributed by atoms with Crippen molar-refractivity contribution in [2.24, 2.45) is 0 Å². The molecule has 0 bridgehead atoms. The number of H-pyrrole nitrogens is 1. The van der Waals surface area contributed by atoms with E-state index in [2.05, 4.69) is 10.3 Å². The number of carbonyl (C=O) groups excluding carboxylic acids is 1. The van der Waals surface area contributed by atoms with Crippen LogP contribution in [0.4, 0.5) is 5.69 Å². The number of rotatable bonds is 4. The zero-order valence-corrected chi connectivity index (χ0v) is 16.7. The maximum absolute atomic E-state index is 12.6. The molecule has 0 unspecified atom stereocenters. The van der Waals surface area contributed by atoms with Crippen LogP contribution in [0.5, 0.6) is 0 Å². The number of amides is 1. The number of fused-ring (bicyclic) bond motifs is 3. The van der Waals surface area contributed by atoms with Crippen molar-refractivity contribution in [2.45, 2.75) is 26.7 Å². The molecule has 30 heavy (non-hydrogen) atoms. The number of aromatic nitrogens is 1. The minimum atomic E-state index is -0.413. The van der Waals surface area contributed by atoms with Gasteiger partial charge in [-0.2, -0.15) is 0 Å². The first-order valence-corrected chi connectivity index (χ1v) is 9.81. The molecule has 6 heteroatoms. The van der Waals surface area contributed by atoms with Crippen molar-refractivity contribution in [1.29, 1.82) is 0 Å². The Balaban J connectivity index is 1.40. The van der Waals surface area contributed by atoms with Crippen molar-refractivity contribution in [3.8, 4) is 0 Å². The minimum absolute atomic E-state index is 0.148. The van der Waals surface area contributed by atoms with Crippen LogP contribution in [0.25, 0.3) is 32.8 Å². The van der Waals surface area contributed by atoms with E-state index < -0.39 is 5.63 Å². The Morgan fingerprint density at radius 1 is 1.07 bits per heavy atom. The third-order valence-corrected chi connectivity index (χ3v) is 5.61. The molecule has 3 heterocycles. The SMILES string of the molecule is Cc1coc2cc3oc(=O)c(CCC(=O)Nc4ccc5[nH]ccc5c4)c(C)c3cc12. The molecule has 150 valence electrons. The van der Waals surface area contributed by atoms with Gasteiger partial charge in [-0.25, -0.2) is 4.79 Å². The predicted octanol–water partition coefficient (Wildman–Crippen LogP) is 5.21. The second-order valence-corrected chi connectivity index (χ2v) is 7.58. The second kappa shape index (κ2) is 6.91. The van der Waals surface area contributed by atoms with E-state index in [0.717, 1.165) is 38.5 Å². The van der Waals surface area contributed by atoms with Crippen LogP contribution in [-0.2, 0) is 11.2 Å². The van der Waals surface area contributed by atoms with Crippen molar-refractivity contribution in [3.05, 3.63) is 76.0 Å². The summed E-state index contributed by atoms with van der Waals surface area (Å²) in [5.41, 5.74) is 4.90. The highest BCUT2D eigenvalue weighted by atomic mass is 16.4. The molecule has 0 saturated carbocycles. The quantitative estimate of drug-likeness (QED) is 0.405. The van der Waals surface area contributed by atoms with Gasteiger partial charge in [0.15, 0.2) is 0 Å². The summed E-state index contributed by atoms with van der Waals surface area (Å²) in [6.45, 7) is 3.87. The molecule has 2 N–H and O–H groups in total. The van der Waals surface area contributed by atoms with Gasteiger partial charge in [0, 0.05) is 51.6 Å². The maximum atomic E-state index is 12.6. The lowest BCUT2D eigenvalue weighted by Crippen LogP contribution is -2.16. The Kier molecular flexibility index (Phi) is 4.20. The summed E-state index contributed by atoms with van der Waals surface area (Å²) in [7, 11) is 0. The standard InChI is InChI=1S/C24H20N2O4/c1-13-12-29-21-11-22-19(10-18(13)21)14(2)17(24(28)30-22)4-6-23(27)26-16-3-5-20-15(9-16)7-8-25-20/h3,5,7-12,25H,4,6H2,1-2H3,(H,26,27). The highest BCUT2D eigenvalue weighted by Gasteiger charge is 2.15. The van der Waals surface area contributed by atoms with Crippen LogP contribution in [0.3, 0.4) is 0 Å². The van der Waals surface area contributed by atoms with E-state index >= 15 is 0 Å². The summed E-state index contributed by atoms with van der Waals surface area (Å²) >= 11 is 0. The molecule has 2 aromatic carbocycles. The first-order chi connectivity index (χ1) is 14.5. The number of aryl methyl sites for hydroxylation is 2. The van der Waals surface area contributed by atoms with Gasteiger partial charge >= 0.3 is 5.63 Å². The molecule has 5 aromatic rings. The molecule has 0 aliphatic heterocycles. The van der Waals surface area contributed by atoms with Crippen molar-refractivity contribution in [1.82, 2.24) is 4.98 Å². The van der Waals surface area contributed by atoms with Crippen LogP contribution in [0.15, 0.2) is 62.5 Å². The first kappa shape index (κ1) is 18.2. The largest absolute Gasteiger partial charge is 0.464 e. The van der Waals surface area contributed by atoms with Crippen LogP contribution >= 0.6 is 0 Å². The van der Waals surface area contributed by atoms with E-state index in [1.165, 1.54) is 0 Å². The Hall–Kier alpha value is -3.80. The number of furan rings is 1. The molecule has 0 fully saturated rings. The third-order valence-electron chi connectivity index (χ3n) is 5.61. The van der Waals surface area contributed by atoms with Gasteiger partial charge in [-0.15, -0.1) is 0 Å². The second-order valence-electron chi connectivity index (χ2n) is 7.58. The molecule has 0 aliphatic rings. The van der Waals surface area contributed by atoms with E-state index in [4.69, 9.17) is 8.83 Å². The number of carbonyl (C=O) groups is 1. The van der Waals surface area contributed by atoms with E-state index in [-0.39, 0.29) is 12.3 Å². The average Bonchev–Trinajstić information content (AvgIpc) is 3.33. The van der Waals surface area contributed by atoms with E-state index in [0.29, 0.717) is 23.2 Å². The Morgan fingerprint density at radius 2 is 1.93 bits per heavy atom. The van der Waals surface area contributed by atoms with E-state index in [1.807, 2.05) is 50.4 Å². The summed E-state index contributed by atoms with van der Waals surface area (Å²) in [5.74, 6) is -0.148. The molecule has 0 saturated heterocycles. The van der Waals surface area contributed by atoms with Crippen molar-refractivity contribution in [3.63, 3.8) is 0 Å². The zero-order chi connectivity index (χ0) is 20.8. The Labute approximate surface area is 171 Å². The number of benzene rings is 2. The monoisotopic (exact) mass is 400 g/mol. The fourth-order valence-electron chi connectivity index (χ4n) is 3.92. The molecule has 0 radical (unpaired) electrons. The molecule has 5 rings (SSSR count). The van der Waals surface area contributed by atoms with Crippen LogP contribution < -0.4 is 10.9 Å². The van der Waals surface area contributed by atoms with Crippen LogP contribution in [0, 0.1) is 13.8 Å². The molecular weight excluding hydrogens is 380 g/mol. The van der Waals surface area contributed by atoms with Gasteiger partial charge in [0.05, 0.1) is 6.26 Å². The highest BCUT2D eigenvalue weighted by molar-refractivity contribution is 5.97. The highest BCUT2D eigenvalue weighted by Crippen LogP contribution is 2.29. The van der Waals surface area contributed by atoms with E-state index in [1.54, 1.807) is 12.3 Å². The molecule has 0 spiro atoms. The van der Waals surface area contributed by atoms with Crippen molar-refractivity contribution in [2.75, 3.05) is 5.32 Å².